The first-order valence-corrected chi connectivity index (χ1v) is 10.4. The number of fused-ring (bicyclic) bond motifs is 2. The third kappa shape index (κ3) is 2.77. The average molecular weight is 422 g/mol. The predicted molar refractivity (Wildman–Crippen MR) is 118 cm³/mol. The van der Waals surface area contributed by atoms with Crippen molar-refractivity contribution in [2.24, 2.45) is 0 Å². The van der Waals surface area contributed by atoms with Crippen LogP contribution in [0.15, 0.2) is 65.2 Å². The van der Waals surface area contributed by atoms with Crippen molar-refractivity contribution in [3.05, 3.63) is 70.7 Å². The van der Waals surface area contributed by atoms with E-state index >= 15 is 0 Å². The number of anilines is 1. The molecule has 2 aromatic heterocycles. The predicted octanol–water partition coefficient (Wildman–Crippen LogP) is 4.91. The second-order valence-corrected chi connectivity index (χ2v) is 8.70. The lowest BCUT2D eigenvalue weighted by Crippen LogP contribution is -2.27. The Morgan fingerprint density at radius 1 is 1.21 bits per heavy atom. The van der Waals surface area contributed by atoms with Crippen LogP contribution in [0.2, 0.25) is 0 Å². The standard InChI is InChI=1S/C20H11N3O2S3/c24-16(13-9-21-14-4-2-1-3-12(13)14)8-18-19(25)23(20(26)28-18)11-5-6-15-17(7-11)27-10-22-15/h1-10,21H/b18-8+. The number of hydrogen-bond donors (Lipinski definition) is 1. The number of amides is 1. The van der Waals surface area contributed by atoms with Gasteiger partial charge in [0.1, 0.15) is 0 Å². The zero-order valence-corrected chi connectivity index (χ0v) is 16.7. The summed E-state index contributed by atoms with van der Waals surface area (Å²) in [5.74, 6) is -0.511. The summed E-state index contributed by atoms with van der Waals surface area (Å²) in [4.78, 5) is 34.8. The topological polar surface area (TPSA) is 66.1 Å². The van der Waals surface area contributed by atoms with Gasteiger partial charge in [-0.1, -0.05) is 42.2 Å². The number of aromatic nitrogens is 2. The van der Waals surface area contributed by atoms with Gasteiger partial charge in [-0.05, 0) is 24.3 Å². The molecule has 0 aliphatic carbocycles. The largest absolute Gasteiger partial charge is 0.360 e. The lowest BCUT2D eigenvalue weighted by atomic mass is 10.1. The Labute approximate surface area is 173 Å². The highest BCUT2D eigenvalue weighted by Crippen LogP contribution is 2.36. The third-order valence-electron chi connectivity index (χ3n) is 4.48. The highest BCUT2D eigenvalue weighted by molar-refractivity contribution is 8.27. The summed E-state index contributed by atoms with van der Waals surface area (Å²) in [5, 5.41) is 0.829. The highest BCUT2D eigenvalue weighted by atomic mass is 32.2. The van der Waals surface area contributed by atoms with Crippen LogP contribution in [0.3, 0.4) is 0 Å². The fourth-order valence-electron chi connectivity index (χ4n) is 3.15. The van der Waals surface area contributed by atoms with Gasteiger partial charge in [0.2, 0.25) is 0 Å². The normalized spacial score (nSPS) is 16.0. The van der Waals surface area contributed by atoms with E-state index in [0.29, 0.717) is 20.5 Å². The van der Waals surface area contributed by atoms with Crippen molar-refractivity contribution >= 4 is 78.1 Å². The van der Waals surface area contributed by atoms with Crippen LogP contribution in [-0.4, -0.2) is 26.0 Å². The van der Waals surface area contributed by atoms with Gasteiger partial charge in [0.05, 0.1) is 26.3 Å². The molecule has 5 nitrogen and oxygen atoms in total. The maximum Gasteiger partial charge on any atom is 0.270 e. The number of carbonyl (C=O) groups is 2. The van der Waals surface area contributed by atoms with E-state index in [0.717, 1.165) is 32.9 Å². The molecule has 1 aliphatic rings. The number of para-hydroxylation sites is 1. The molecule has 3 heterocycles. The molecular weight excluding hydrogens is 410 g/mol. The number of nitrogens with zero attached hydrogens (tertiary/aromatic N) is 2. The molecule has 0 radical (unpaired) electrons. The monoisotopic (exact) mass is 421 g/mol. The molecule has 5 rings (SSSR count). The fraction of sp³-hybridized carbons (Fsp3) is 0. The number of ketones is 1. The molecule has 1 aliphatic heterocycles. The maximum absolute atomic E-state index is 12.9. The second-order valence-electron chi connectivity index (χ2n) is 6.13. The summed E-state index contributed by atoms with van der Waals surface area (Å²) in [6.07, 6.45) is 3.04. The summed E-state index contributed by atoms with van der Waals surface area (Å²) in [6.45, 7) is 0. The Kier molecular flexibility index (Phi) is 4.12. The van der Waals surface area contributed by atoms with Crippen LogP contribution in [0, 0.1) is 0 Å². The van der Waals surface area contributed by atoms with E-state index in [2.05, 4.69) is 9.97 Å². The minimum atomic E-state index is -0.285. The van der Waals surface area contributed by atoms with E-state index in [9.17, 15) is 9.59 Å². The minimum absolute atomic E-state index is 0.226. The van der Waals surface area contributed by atoms with Gasteiger partial charge >= 0.3 is 0 Å². The summed E-state index contributed by atoms with van der Waals surface area (Å²) >= 11 is 8.05. The highest BCUT2D eigenvalue weighted by Gasteiger charge is 2.34. The Balaban J connectivity index is 1.48. The Morgan fingerprint density at radius 2 is 2.07 bits per heavy atom. The molecule has 28 heavy (non-hydrogen) atoms. The molecular formula is C20H11N3O2S3. The van der Waals surface area contributed by atoms with Crippen molar-refractivity contribution in [1.29, 1.82) is 0 Å². The van der Waals surface area contributed by atoms with Gasteiger partial charge < -0.3 is 4.98 Å². The smallest absolute Gasteiger partial charge is 0.270 e. The van der Waals surface area contributed by atoms with Gasteiger partial charge in [-0.2, -0.15) is 0 Å². The number of allylic oxidation sites excluding steroid dienone is 1. The molecule has 8 heteroatoms. The quantitative estimate of drug-likeness (QED) is 0.289. The number of H-pyrrole nitrogens is 1. The molecule has 1 N–H and O–H groups in total. The number of hydrogen-bond acceptors (Lipinski definition) is 6. The van der Waals surface area contributed by atoms with Crippen LogP contribution in [-0.2, 0) is 4.79 Å². The van der Waals surface area contributed by atoms with Crippen molar-refractivity contribution in [3.8, 4) is 0 Å². The van der Waals surface area contributed by atoms with Crippen LogP contribution in [0.4, 0.5) is 5.69 Å². The Bertz CT molecular complexity index is 1320. The van der Waals surface area contributed by atoms with Gasteiger partial charge in [0.25, 0.3) is 5.91 Å². The molecule has 1 saturated heterocycles. The van der Waals surface area contributed by atoms with Gasteiger partial charge in [0.15, 0.2) is 10.1 Å². The molecule has 0 saturated carbocycles. The molecule has 1 fully saturated rings. The van der Waals surface area contributed by atoms with Gasteiger partial charge in [-0.3, -0.25) is 14.5 Å². The maximum atomic E-state index is 12.9. The molecule has 0 spiro atoms. The number of rotatable bonds is 3. The first-order chi connectivity index (χ1) is 13.6. The SMILES string of the molecule is O=C(/C=C1/SC(=S)N(c2ccc3ncsc3c2)C1=O)c1c[nH]c2ccccc12. The number of thiazole rings is 1. The number of benzene rings is 2. The van der Waals surface area contributed by atoms with Crippen molar-refractivity contribution in [2.45, 2.75) is 0 Å². The van der Waals surface area contributed by atoms with E-state index in [1.807, 2.05) is 42.5 Å². The van der Waals surface area contributed by atoms with Gasteiger partial charge in [-0.25, -0.2) is 4.98 Å². The van der Waals surface area contributed by atoms with Crippen molar-refractivity contribution in [3.63, 3.8) is 0 Å². The van der Waals surface area contributed by atoms with E-state index in [1.165, 1.54) is 22.3 Å². The first-order valence-electron chi connectivity index (χ1n) is 8.33. The van der Waals surface area contributed by atoms with Crippen LogP contribution in [0.5, 0.6) is 0 Å². The van der Waals surface area contributed by atoms with Gasteiger partial charge in [0, 0.05) is 28.7 Å². The third-order valence-corrected chi connectivity index (χ3v) is 6.58. The number of thiocarbonyl (C=S) groups is 1. The minimum Gasteiger partial charge on any atom is -0.360 e. The summed E-state index contributed by atoms with van der Waals surface area (Å²) in [7, 11) is 0. The number of carbonyl (C=O) groups excluding carboxylic acids is 2. The molecule has 1 amide bonds. The zero-order valence-electron chi connectivity index (χ0n) is 14.2. The molecule has 136 valence electrons. The Hall–Kier alpha value is -2.81. The first kappa shape index (κ1) is 17.3. The van der Waals surface area contributed by atoms with Crippen molar-refractivity contribution < 1.29 is 9.59 Å². The van der Waals surface area contributed by atoms with Gasteiger partial charge in [-0.15, -0.1) is 11.3 Å². The second kappa shape index (κ2) is 6.66. The van der Waals surface area contributed by atoms with E-state index in [1.54, 1.807) is 11.7 Å². The van der Waals surface area contributed by atoms with Crippen LogP contribution in [0.25, 0.3) is 21.1 Å². The lowest BCUT2D eigenvalue weighted by molar-refractivity contribution is -0.113. The summed E-state index contributed by atoms with van der Waals surface area (Å²) in [5.41, 5.74) is 4.74. The summed E-state index contributed by atoms with van der Waals surface area (Å²) < 4.78 is 1.39. The van der Waals surface area contributed by atoms with E-state index < -0.39 is 0 Å². The number of nitrogens with one attached hydrogen (secondary N) is 1. The van der Waals surface area contributed by atoms with Crippen molar-refractivity contribution in [2.75, 3.05) is 4.90 Å². The molecule has 0 unspecified atom stereocenters. The molecule has 2 aromatic carbocycles. The lowest BCUT2D eigenvalue weighted by Gasteiger charge is -2.14. The zero-order chi connectivity index (χ0) is 19.3. The summed E-state index contributed by atoms with van der Waals surface area (Å²) in [6, 6.07) is 13.1. The van der Waals surface area contributed by atoms with Crippen LogP contribution < -0.4 is 4.90 Å². The van der Waals surface area contributed by atoms with Crippen LogP contribution in [0.1, 0.15) is 10.4 Å². The molecule has 4 aromatic rings. The molecule has 0 bridgehead atoms. The Morgan fingerprint density at radius 3 is 2.96 bits per heavy atom. The van der Waals surface area contributed by atoms with E-state index in [-0.39, 0.29) is 11.7 Å². The number of thioether (sulfide) groups is 1. The van der Waals surface area contributed by atoms with E-state index in [4.69, 9.17) is 12.2 Å². The van der Waals surface area contributed by atoms with Crippen molar-refractivity contribution in [1.82, 2.24) is 9.97 Å². The number of aromatic amines is 1. The fourth-order valence-corrected chi connectivity index (χ4v) is 5.13. The van der Waals surface area contributed by atoms with Crippen LogP contribution >= 0.6 is 35.3 Å². The average Bonchev–Trinajstić information content (AvgIpc) is 3.39. The molecule has 0 atom stereocenters.